The highest BCUT2D eigenvalue weighted by Gasteiger charge is 2.42. The fraction of sp³-hybridized carbons (Fsp3) is 0.941. The van der Waals surface area contributed by atoms with E-state index in [9.17, 15) is 13.6 Å². The lowest BCUT2D eigenvalue weighted by Crippen LogP contribution is -2.56. The molecule has 2 aliphatic heterocycles. The zero-order valence-corrected chi connectivity index (χ0v) is 14.4. The molecule has 0 unspecified atom stereocenters. The summed E-state index contributed by atoms with van der Waals surface area (Å²) in [6, 6.07) is 0. The number of morpholine rings is 1. The van der Waals surface area contributed by atoms with Gasteiger partial charge in [0.25, 0.3) is 6.43 Å². The van der Waals surface area contributed by atoms with Crippen molar-refractivity contribution in [2.45, 2.75) is 44.1 Å². The Kier molecular flexibility index (Phi) is 6.05. The van der Waals surface area contributed by atoms with Gasteiger partial charge in [-0.05, 0) is 12.8 Å². The van der Waals surface area contributed by atoms with Crippen LogP contribution in [0.3, 0.4) is 0 Å². The summed E-state index contributed by atoms with van der Waals surface area (Å²) in [6.07, 6.45) is 2.82. The van der Waals surface area contributed by atoms with Gasteiger partial charge in [-0.25, -0.2) is 8.78 Å². The standard InChI is InChI=1S/C17H29F2N3O2/c18-15(19)14-20-5-7-21(8-6-20)16(23)13-17(3-1-2-4-17)22-9-11-24-12-10-22/h15H,1-14H2. The molecule has 0 aromatic carbocycles. The van der Waals surface area contributed by atoms with Gasteiger partial charge in [0.2, 0.25) is 5.91 Å². The van der Waals surface area contributed by atoms with Crippen LogP contribution in [-0.4, -0.2) is 91.6 Å². The fourth-order valence-electron chi connectivity index (χ4n) is 4.44. The molecule has 3 aliphatic rings. The van der Waals surface area contributed by atoms with E-state index in [1.54, 1.807) is 4.90 Å². The Hall–Kier alpha value is -0.790. The average Bonchev–Trinajstić information content (AvgIpc) is 3.05. The first kappa shape index (κ1) is 18.0. The van der Waals surface area contributed by atoms with Gasteiger partial charge in [0.05, 0.1) is 19.8 Å². The first-order valence-electron chi connectivity index (χ1n) is 9.20. The van der Waals surface area contributed by atoms with E-state index in [1.165, 1.54) is 12.8 Å². The lowest BCUT2D eigenvalue weighted by atomic mass is 9.89. The van der Waals surface area contributed by atoms with Gasteiger partial charge < -0.3 is 9.64 Å². The van der Waals surface area contributed by atoms with Crippen LogP contribution in [0.5, 0.6) is 0 Å². The molecule has 2 saturated heterocycles. The number of alkyl halides is 2. The molecule has 0 bridgehead atoms. The molecule has 1 aliphatic carbocycles. The van der Waals surface area contributed by atoms with E-state index in [-0.39, 0.29) is 18.0 Å². The molecule has 1 amide bonds. The first-order chi connectivity index (χ1) is 11.6. The molecule has 0 N–H and O–H groups in total. The summed E-state index contributed by atoms with van der Waals surface area (Å²) >= 11 is 0. The molecule has 5 nitrogen and oxygen atoms in total. The van der Waals surface area contributed by atoms with Crippen LogP contribution in [0.25, 0.3) is 0 Å². The maximum Gasteiger partial charge on any atom is 0.251 e. The number of carbonyl (C=O) groups is 1. The minimum Gasteiger partial charge on any atom is -0.379 e. The summed E-state index contributed by atoms with van der Waals surface area (Å²) in [7, 11) is 0. The highest BCUT2D eigenvalue weighted by atomic mass is 19.3. The van der Waals surface area contributed by atoms with Crippen molar-refractivity contribution in [1.29, 1.82) is 0 Å². The number of amides is 1. The van der Waals surface area contributed by atoms with Gasteiger partial charge in [-0.3, -0.25) is 14.6 Å². The van der Waals surface area contributed by atoms with Crippen LogP contribution in [0.4, 0.5) is 8.78 Å². The Morgan fingerprint density at radius 3 is 2.21 bits per heavy atom. The first-order valence-corrected chi connectivity index (χ1v) is 9.20. The van der Waals surface area contributed by atoms with Gasteiger partial charge in [-0.2, -0.15) is 0 Å². The largest absolute Gasteiger partial charge is 0.379 e. The van der Waals surface area contributed by atoms with E-state index < -0.39 is 6.43 Å². The molecular weight excluding hydrogens is 316 g/mol. The molecule has 138 valence electrons. The highest BCUT2D eigenvalue weighted by molar-refractivity contribution is 5.77. The van der Waals surface area contributed by atoms with Gasteiger partial charge in [0, 0.05) is 51.2 Å². The molecule has 2 heterocycles. The number of nitrogens with zero attached hydrogens (tertiary/aromatic N) is 3. The summed E-state index contributed by atoms with van der Waals surface area (Å²) in [6.45, 7) is 5.41. The monoisotopic (exact) mass is 345 g/mol. The number of halogens is 2. The van der Waals surface area contributed by atoms with E-state index in [0.29, 0.717) is 32.6 Å². The molecule has 7 heteroatoms. The minimum absolute atomic E-state index is 0.000963. The summed E-state index contributed by atoms with van der Waals surface area (Å²) in [5.41, 5.74) is 0.000963. The fourth-order valence-corrected chi connectivity index (χ4v) is 4.44. The summed E-state index contributed by atoms with van der Waals surface area (Å²) in [5, 5.41) is 0. The quantitative estimate of drug-likeness (QED) is 0.755. The second-order valence-corrected chi connectivity index (χ2v) is 7.28. The Morgan fingerprint density at radius 2 is 1.62 bits per heavy atom. The van der Waals surface area contributed by atoms with Crippen LogP contribution in [0, 0.1) is 0 Å². The molecule has 0 atom stereocenters. The number of ether oxygens (including phenoxy) is 1. The molecule has 3 fully saturated rings. The van der Waals surface area contributed by atoms with Crippen molar-refractivity contribution in [3.05, 3.63) is 0 Å². The number of piperazine rings is 1. The summed E-state index contributed by atoms with van der Waals surface area (Å²) in [5.74, 6) is 0.195. The van der Waals surface area contributed by atoms with Gasteiger partial charge in [0.1, 0.15) is 0 Å². The van der Waals surface area contributed by atoms with E-state index in [4.69, 9.17) is 4.74 Å². The molecule has 0 spiro atoms. The summed E-state index contributed by atoms with van der Waals surface area (Å²) < 4.78 is 30.4. The van der Waals surface area contributed by atoms with Crippen molar-refractivity contribution in [3.8, 4) is 0 Å². The van der Waals surface area contributed by atoms with E-state index in [1.807, 2.05) is 4.90 Å². The topological polar surface area (TPSA) is 36.0 Å². The van der Waals surface area contributed by atoms with Gasteiger partial charge >= 0.3 is 0 Å². The van der Waals surface area contributed by atoms with Crippen molar-refractivity contribution in [2.75, 3.05) is 59.0 Å². The predicted octanol–water partition coefficient (Wildman–Crippen LogP) is 1.43. The van der Waals surface area contributed by atoms with Crippen molar-refractivity contribution in [3.63, 3.8) is 0 Å². The van der Waals surface area contributed by atoms with Crippen LogP contribution >= 0.6 is 0 Å². The van der Waals surface area contributed by atoms with Gasteiger partial charge in [-0.1, -0.05) is 12.8 Å². The number of hydrogen-bond acceptors (Lipinski definition) is 4. The molecule has 0 radical (unpaired) electrons. The smallest absolute Gasteiger partial charge is 0.251 e. The molecule has 24 heavy (non-hydrogen) atoms. The predicted molar refractivity (Wildman–Crippen MR) is 87.2 cm³/mol. The Bertz CT molecular complexity index is 416. The lowest BCUT2D eigenvalue weighted by molar-refractivity contribution is -0.137. The van der Waals surface area contributed by atoms with Crippen LogP contribution < -0.4 is 0 Å². The van der Waals surface area contributed by atoms with Gasteiger partial charge in [-0.15, -0.1) is 0 Å². The number of carbonyl (C=O) groups excluding carboxylic acids is 1. The van der Waals surface area contributed by atoms with E-state index in [2.05, 4.69) is 4.90 Å². The molecule has 0 aromatic rings. The maximum atomic E-state index is 12.8. The Labute approximate surface area is 142 Å². The zero-order valence-electron chi connectivity index (χ0n) is 14.4. The number of rotatable bonds is 5. The molecular formula is C17H29F2N3O2. The zero-order chi connectivity index (χ0) is 17.0. The van der Waals surface area contributed by atoms with Crippen molar-refractivity contribution >= 4 is 5.91 Å². The maximum absolute atomic E-state index is 12.8. The third-order valence-electron chi connectivity index (χ3n) is 5.82. The molecule has 1 saturated carbocycles. The normalized spacial score (nSPS) is 26.2. The number of hydrogen-bond donors (Lipinski definition) is 0. The third-order valence-corrected chi connectivity index (χ3v) is 5.82. The third kappa shape index (κ3) is 4.24. The lowest BCUT2D eigenvalue weighted by Gasteiger charge is -2.44. The molecule has 0 aromatic heterocycles. The average molecular weight is 345 g/mol. The second-order valence-electron chi connectivity index (χ2n) is 7.28. The highest BCUT2D eigenvalue weighted by Crippen LogP contribution is 2.39. The SMILES string of the molecule is O=C(CC1(N2CCOCC2)CCCC1)N1CCN(CC(F)F)CC1. The van der Waals surface area contributed by atoms with Crippen LogP contribution in [0.1, 0.15) is 32.1 Å². The van der Waals surface area contributed by atoms with Crippen LogP contribution in [-0.2, 0) is 9.53 Å². The molecule has 3 rings (SSSR count). The van der Waals surface area contributed by atoms with E-state index in [0.717, 1.165) is 39.1 Å². The minimum atomic E-state index is -2.30. The summed E-state index contributed by atoms with van der Waals surface area (Å²) in [4.78, 5) is 18.9. The van der Waals surface area contributed by atoms with Crippen LogP contribution in [0.15, 0.2) is 0 Å². The Morgan fingerprint density at radius 1 is 1.00 bits per heavy atom. The van der Waals surface area contributed by atoms with Gasteiger partial charge in [0.15, 0.2) is 0 Å². The van der Waals surface area contributed by atoms with Crippen LogP contribution in [0.2, 0.25) is 0 Å². The van der Waals surface area contributed by atoms with Crippen molar-refractivity contribution in [2.24, 2.45) is 0 Å². The second kappa shape index (κ2) is 8.06. The Balaban J connectivity index is 1.54. The van der Waals surface area contributed by atoms with Crippen molar-refractivity contribution < 1.29 is 18.3 Å². The van der Waals surface area contributed by atoms with E-state index >= 15 is 0 Å². The van der Waals surface area contributed by atoms with Crippen molar-refractivity contribution in [1.82, 2.24) is 14.7 Å².